The fourth-order valence-electron chi connectivity index (χ4n) is 1.52. The van der Waals surface area contributed by atoms with E-state index in [2.05, 4.69) is 14.7 Å². The molecule has 0 radical (unpaired) electrons. The molecule has 0 aliphatic rings. The van der Waals surface area contributed by atoms with Crippen molar-refractivity contribution in [3.05, 3.63) is 36.3 Å². The average Bonchev–Trinajstić information content (AvgIpc) is 2.84. The van der Waals surface area contributed by atoms with Gasteiger partial charge in [-0.25, -0.2) is 18.1 Å². The number of aromatic nitrogens is 2. The molecule has 20 heavy (non-hydrogen) atoms. The van der Waals surface area contributed by atoms with Crippen LogP contribution in [0.1, 0.15) is 5.82 Å². The average molecular weight is 296 g/mol. The molecule has 2 rings (SSSR count). The highest BCUT2D eigenvalue weighted by Gasteiger charge is 2.15. The Bertz CT molecular complexity index is 664. The normalized spacial score (nSPS) is 11.4. The van der Waals surface area contributed by atoms with E-state index in [1.54, 1.807) is 31.2 Å². The van der Waals surface area contributed by atoms with Crippen LogP contribution in [0.2, 0.25) is 0 Å². The number of benzene rings is 1. The number of nitrogens with two attached hydrogens (primary N) is 1. The fourth-order valence-corrected chi connectivity index (χ4v) is 2.50. The van der Waals surface area contributed by atoms with E-state index in [-0.39, 0.29) is 18.2 Å². The third-order valence-electron chi connectivity index (χ3n) is 2.51. The molecule has 0 aliphatic heterocycles. The van der Waals surface area contributed by atoms with Crippen LogP contribution in [0.15, 0.2) is 35.5 Å². The van der Waals surface area contributed by atoms with E-state index in [4.69, 9.17) is 10.5 Å². The second kappa shape index (κ2) is 5.93. The Balaban J connectivity index is 1.82. The summed E-state index contributed by atoms with van der Waals surface area (Å²) >= 11 is 0. The molecule has 8 heteroatoms. The lowest BCUT2D eigenvalue weighted by atomic mass is 10.3. The van der Waals surface area contributed by atoms with Crippen molar-refractivity contribution in [3.63, 3.8) is 0 Å². The van der Waals surface area contributed by atoms with Gasteiger partial charge in [-0.15, -0.1) is 0 Å². The monoisotopic (exact) mass is 296 g/mol. The first-order valence-electron chi connectivity index (χ1n) is 5.97. The summed E-state index contributed by atoms with van der Waals surface area (Å²) < 4.78 is 31.5. The van der Waals surface area contributed by atoms with Crippen LogP contribution >= 0.6 is 0 Å². The van der Waals surface area contributed by atoms with Gasteiger partial charge in [-0.3, -0.25) is 0 Å². The standard InChI is InChI=1S/C12H16N4O3S/c1-9-14-8-12(16-9)20(17,18)15-6-7-19-11-4-2-10(13)3-5-11/h2-5,8,15H,6-7,13H2,1H3,(H,14,16). The number of H-pyrrole nitrogens is 1. The zero-order valence-electron chi connectivity index (χ0n) is 11.0. The minimum absolute atomic E-state index is 0.0440. The van der Waals surface area contributed by atoms with Crippen molar-refractivity contribution in [1.29, 1.82) is 0 Å². The molecule has 1 aromatic carbocycles. The van der Waals surface area contributed by atoms with Gasteiger partial charge in [-0.1, -0.05) is 0 Å². The molecule has 0 bridgehead atoms. The van der Waals surface area contributed by atoms with Crippen LogP contribution in [0, 0.1) is 6.92 Å². The van der Waals surface area contributed by atoms with E-state index in [1.165, 1.54) is 6.20 Å². The predicted octanol–water partition coefficient (Wildman–Crippen LogP) is 0.658. The first kappa shape index (κ1) is 14.4. The van der Waals surface area contributed by atoms with Gasteiger partial charge in [-0.05, 0) is 31.2 Å². The SMILES string of the molecule is Cc1ncc(S(=O)(=O)NCCOc2ccc(N)cc2)[nH]1. The van der Waals surface area contributed by atoms with Crippen molar-refractivity contribution in [2.24, 2.45) is 0 Å². The Hall–Kier alpha value is -2.06. The Kier molecular flexibility index (Phi) is 4.26. The highest BCUT2D eigenvalue weighted by molar-refractivity contribution is 7.89. The summed E-state index contributed by atoms with van der Waals surface area (Å²) in [6.07, 6.45) is 1.28. The molecule has 0 unspecified atom stereocenters. The number of aromatic amines is 1. The number of nitrogens with zero attached hydrogens (tertiary/aromatic N) is 1. The summed E-state index contributed by atoms with van der Waals surface area (Å²) in [7, 11) is -3.57. The van der Waals surface area contributed by atoms with Crippen molar-refractivity contribution in [3.8, 4) is 5.75 Å². The van der Waals surface area contributed by atoms with E-state index in [0.29, 0.717) is 17.3 Å². The van der Waals surface area contributed by atoms with Gasteiger partial charge in [0.1, 0.15) is 18.2 Å². The fraction of sp³-hybridized carbons (Fsp3) is 0.250. The molecule has 0 aliphatic carbocycles. The smallest absolute Gasteiger partial charge is 0.257 e. The van der Waals surface area contributed by atoms with Crippen LogP contribution in [-0.2, 0) is 10.0 Å². The summed E-state index contributed by atoms with van der Waals surface area (Å²) in [6, 6.07) is 6.88. The lowest BCUT2D eigenvalue weighted by Crippen LogP contribution is -2.28. The number of hydrogen-bond acceptors (Lipinski definition) is 5. The van der Waals surface area contributed by atoms with Gasteiger partial charge >= 0.3 is 0 Å². The molecular formula is C12H16N4O3S. The maximum absolute atomic E-state index is 11.8. The van der Waals surface area contributed by atoms with E-state index in [9.17, 15) is 8.42 Å². The van der Waals surface area contributed by atoms with Crippen molar-refractivity contribution in [1.82, 2.24) is 14.7 Å². The van der Waals surface area contributed by atoms with Gasteiger partial charge in [0.15, 0.2) is 5.03 Å². The number of imidazole rings is 1. The molecule has 1 heterocycles. The lowest BCUT2D eigenvalue weighted by molar-refractivity contribution is 0.323. The molecule has 108 valence electrons. The second-order valence-corrected chi connectivity index (χ2v) is 5.88. The zero-order valence-corrected chi connectivity index (χ0v) is 11.8. The van der Waals surface area contributed by atoms with E-state index in [1.807, 2.05) is 0 Å². The maximum atomic E-state index is 11.8. The second-order valence-electron chi connectivity index (χ2n) is 4.15. The number of anilines is 1. The molecule has 4 N–H and O–H groups in total. The van der Waals surface area contributed by atoms with Gasteiger partial charge in [0.25, 0.3) is 10.0 Å². The van der Waals surface area contributed by atoms with Crippen molar-refractivity contribution in [2.75, 3.05) is 18.9 Å². The summed E-state index contributed by atoms with van der Waals surface area (Å²) in [5.41, 5.74) is 6.19. The topological polar surface area (TPSA) is 110 Å². The van der Waals surface area contributed by atoms with Crippen LogP contribution in [-0.4, -0.2) is 31.5 Å². The minimum atomic E-state index is -3.57. The van der Waals surface area contributed by atoms with Crippen molar-refractivity contribution < 1.29 is 13.2 Å². The molecule has 0 amide bonds. The Labute approximate surface area is 117 Å². The van der Waals surface area contributed by atoms with Gasteiger partial charge in [0.2, 0.25) is 0 Å². The first-order valence-corrected chi connectivity index (χ1v) is 7.45. The number of nitrogen functional groups attached to an aromatic ring is 1. The predicted molar refractivity (Wildman–Crippen MR) is 74.9 cm³/mol. The Morgan fingerprint density at radius 1 is 1.35 bits per heavy atom. The van der Waals surface area contributed by atoms with E-state index in [0.717, 1.165) is 0 Å². The number of hydrogen-bond donors (Lipinski definition) is 3. The van der Waals surface area contributed by atoms with E-state index >= 15 is 0 Å². The number of rotatable bonds is 6. The number of ether oxygens (including phenoxy) is 1. The third kappa shape index (κ3) is 3.72. The van der Waals surface area contributed by atoms with Gasteiger partial charge in [0, 0.05) is 12.2 Å². The summed E-state index contributed by atoms with van der Waals surface area (Å²) in [5.74, 6) is 1.18. The summed E-state index contributed by atoms with van der Waals surface area (Å²) in [6.45, 7) is 2.06. The Morgan fingerprint density at radius 2 is 2.05 bits per heavy atom. The number of aryl methyl sites for hydroxylation is 1. The molecule has 0 saturated carbocycles. The summed E-state index contributed by atoms with van der Waals surface area (Å²) in [4.78, 5) is 6.51. The van der Waals surface area contributed by atoms with Gasteiger partial charge in [-0.2, -0.15) is 0 Å². The minimum Gasteiger partial charge on any atom is -0.492 e. The van der Waals surface area contributed by atoms with Crippen molar-refractivity contribution >= 4 is 15.7 Å². The molecule has 0 saturated heterocycles. The highest BCUT2D eigenvalue weighted by Crippen LogP contribution is 2.12. The molecular weight excluding hydrogens is 280 g/mol. The van der Waals surface area contributed by atoms with Crippen LogP contribution in [0.3, 0.4) is 0 Å². The van der Waals surface area contributed by atoms with Crippen molar-refractivity contribution in [2.45, 2.75) is 11.9 Å². The first-order chi connectivity index (χ1) is 9.47. The number of nitrogens with one attached hydrogen (secondary N) is 2. The molecule has 0 fully saturated rings. The molecule has 0 atom stereocenters. The lowest BCUT2D eigenvalue weighted by Gasteiger charge is -2.07. The molecule has 0 spiro atoms. The largest absolute Gasteiger partial charge is 0.492 e. The molecule has 2 aromatic rings. The van der Waals surface area contributed by atoms with Gasteiger partial charge < -0.3 is 15.5 Å². The highest BCUT2D eigenvalue weighted by atomic mass is 32.2. The van der Waals surface area contributed by atoms with Crippen LogP contribution in [0.5, 0.6) is 5.75 Å². The van der Waals surface area contributed by atoms with Gasteiger partial charge in [0.05, 0.1) is 6.20 Å². The van der Waals surface area contributed by atoms with Crippen LogP contribution < -0.4 is 15.2 Å². The summed E-state index contributed by atoms with van der Waals surface area (Å²) in [5, 5.41) is 0.0440. The number of sulfonamides is 1. The third-order valence-corrected chi connectivity index (χ3v) is 3.88. The molecule has 1 aromatic heterocycles. The Morgan fingerprint density at radius 3 is 2.65 bits per heavy atom. The molecule has 7 nitrogen and oxygen atoms in total. The zero-order chi connectivity index (χ0) is 14.6. The maximum Gasteiger partial charge on any atom is 0.257 e. The van der Waals surface area contributed by atoms with E-state index < -0.39 is 10.0 Å². The quantitative estimate of drug-likeness (QED) is 0.535. The van der Waals surface area contributed by atoms with Crippen LogP contribution in [0.4, 0.5) is 5.69 Å². The van der Waals surface area contributed by atoms with Crippen LogP contribution in [0.25, 0.3) is 0 Å².